The molecule has 188 valence electrons. The van der Waals surface area contributed by atoms with Crippen molar-refractivity contribution in [1.82, 2.24) is 15.1 Å². The standard InChI is InChI=1S/C27H33Cl2N3O3/c1-32(2)17-22(34-18-19-13-14-23(28)24(29)15-19)16-25-30-31-26(35-25)27(33,20-9-5-3-6-10-20)21-11-7-4-8-12-21/h3,5-6,9-10,13-15,21-22,33H,4,7-8,11-12,16-18H2,1-2H3. The Labute approximate surface area is 217 Å². The van der Waals surface area contributed by atoms with Crippen molar-refractivity contribution in [1.29, 1.82) is 0 Å². The van der Waals surface area contributed by atoms with Gasteiger partial charge in [-0.1, -0.05) is 78.9 Å². The molecule has 0 aliphatic heterocycles. The molecule has 3 aromatic rings. The van der Waals surface area contributed by atoms with Crippen molar-refractivity contribution >= 4 is 23.2 Å². The number of aliphatic hydroxyl groups is 1. The second kappa shape index (κ2) is 11.8. The first kappa shape index (κ1) is 26.1. The van der Waals surface area contributed by atoms with Gasteiger partial charge in [0.15, 0.2) is 5.60 Å². The fourth-order valence-electron chi connectivity index (χ4n) is 4.86. The molecule has 1 aliphatic carbocycles. The molecule has 1 N–H and O–H groups in total. The van der Waals surface area contributed by atoms with Gasteiger partial charge >= 0.3 is 0 Å². The molecule has 1 fully saturated rings. The largest absolute Gasteiger partial charge is 0.422 e. The highest BCUT2D eigenvalue weighted by Gasteiger charge is 2.45. The van der Waals surface area contributed by atoms with E-state index >= 15 is 0 Å². The molecule has 0 bridgehead atoms. The number of ether oxygens (including phenoxy) is 1. The van der Waals surface area contributed by atoms with Crippen LogP contribution in [0.3, 0.4) is 0 Å². The number of hydrogen-bond acceptors (Lipinski definition) is 6. The van der Waals surface area contributed by atoms with Gasteiger partial charge in [-0.2, -0.15) is 0 Å². The smallest absolute Gasteiger partial charge is 0.252 e. The maximum atomic E-state index is 12.0. The second-order valence-electron chi connectivity index (χ2n) is 9.62. The van der Waals surface area contributed by atoms with Gasteiger partial charge in [0, 0.05) is 12.5 Å². The highest BCUT2D eigenvalue weighted by atomic mass is 35.5. The van der Waals surface area contributed by atoms with Crippen molar-refractivity contribution in [3.05, 3.63) is 81.5 Å². The van der Waals surface area contributed by atoms with E-state index < -0.39 is 5.60 Å². The van der Waals surface area contributed by atoms with Crippen molar-refractivity contribution in [3.8, 4) is 0 Å². The number of rotatable bonds is 10. The van der Waals surface area contributed by atoms with E-state index in [-0.39, 0.29) is 17.9 Å². The van der Waals surface area contributed by atoms with Crippen molar-refractivity contribution in [2.45, 2.75) is 56.8 Å². The van der Waals surface area contributed by atoms with Gasteiger partial charge in [0.1, 0.15) is 0 Å². The molecule has 0 radical (unpaired) electrons. The minimum Gasteiger partial charge on any atom is -0.422 e. The number of benzene rings is 2. The van der Waals surface area contributed by atoms with E-state index in [1.54, 1.807) is 6.07 Å². The average Bonchev–Trinajstić information content (AvgIpc) is 3.34. The Morgan fingerprint density at radius 1 is 1.06 bits per heavy atom. The van der Waals surface area contributed by atoms with Crippen molar-refractivity contribution in [2.75, 3.05) is 20.6 Å². The zero-order valence-electron chi connectivity index (χ0n) is 20.3. The molecule has 1 aromatic heterocycles. The lowest BCUT2D eigenvalue weighted by molar-refractivity contribution is -0.0252. The molecule has 0 amide bonds. The Morgan fingerprint density at radius 3 is 2.49 bits per heavy atom. The van der Waals surface area contributed by atoms with Gasteiger partial charge in [-0.25, -0.2) is 0 Å². The Hall–Kier alpha value is -1.96. The molecule has 2 aromatic carbocycles. The zero-order chi connectivity index (χ0) is 24.8. The van der Waals surface area contributed by atoms with Crippen LogP contribution in [0.1, 0.15) is 55.0 Å². The molecule has 1 aliphatic rings. The van der Waals surface area contributed by atoms with E-state index in [2.05, 4.69) is 15.1 Å². The fourth-order valence-corrected chi connectivity index (χ4v) is 5.18. The van der Waals surface area contributed by atoms with Gasteiger partial charge in [0.25, 0.3) is 5.89 Å². The lowest BCUT2D eigenvalue weighted by Crippen LogP contribution is -2.38. The lowest BCUT2D eigenvalue weighted by Gasteiger charge is -2.36. The Balaban J connectivity index is 1.53. The highest BCUT2D eigenvalue weighted by molar-refractivity contribution is 6.42. The van der Waals surface area contributed by atoms with Crippen LogP contribution in [0.15, 0.2) is 52.9 Å². The van der Waals surface area contributed by atoms with Crippen LogP contribution in [0.5, 0.6) is 0 Å². The number of halogens is 2. The normalized spacial score (nSPS) is 17.4. The minimum absolute atomic E-state index is 0.0374. The summed E-state index contributed by atoms with van der Waals surface area (Å²) in [6.07, 6.45) is 5.48. The first-order chi connectivity index (χ1) is 16.9. The van der Waals surface area contributed by atoms with Gasteiger partial charge in [-0.15, -0.1) is 10.2 Å². The van der Waals surface area contributed by atoms with Crippen molar-refractivity contribution < 1.29 is 14.3 Å². The molecule has 1 saturated carbocycles. The first-order valence-electron chi connectivity index (χ1n) is 12.2. The number of likely N-dealkylation sites (N-methyl/N-ethyl adjacent to an activating group) is 1. The predicted octanol–water partition coefficient (Wildman–Crippen LogP) is 5.88. The average molecular weight is 518 g/mol. The Kier molecular flexibility index (Phi) is 8.84. The molecule has 2 atom stereocenters. The maximum Gasteiger partial charge on any atom is 0.252 e. The molecule has 0 saturated heterocycles. The summed E-state index contributed by atoms with van der Waals surface area (Å²) in [7, 11) is 3.98. The van der Waals surface area contributed by atoms with Crippen LogP contribution in [0.25, 0.3) is 0 Å². The van der Waals surface area contributed by atoms with Crippen LogP contribution in [0.2, 0.25) is 10.0 Å². The quantitative estimate of drug-likeness (QED) is 0.361. The number of hydrogen-bond donors (Lipinski definition) is 1. The maximum absolute atomic E-state index is 12.0. The highest BCUT2D eigenvalue weighted by Crippen LogP contribution is 2.43. The summed E-state index contributed by atoms with van der Waals surface area (Å²) >= 11 is 12.2. The molecular formula is C27H33Cl2N3O3. The Bertz CT molecular complexity index is 1090. The van der Waals surface area contributed by atoms with E-state index in [9.17, 15) is 5.11 Å². The lowest BCUT2D eigenvalue weighted by atomic mass is 9.73. The van der Waals surface area contributed by atoms with Crippen LogP contribution < -0.4 is 0 Å². The van der Waals surface area contributed by atoms with Gasteiger partial charge in [0.2, 0.25) is 5.89 Å². The number of aromatic nitrogens is 2. The van der Waals surface area contributed by atoms with E-state index in [4.69, 9.17) is 32.4 Å². The van der Waals surface area contributed by atoms with Gasteiger partial charge < -0.3 is 19.2 Å². The third-order valence-electron chi connectivity index (χ3n) is 6.64. The van der Waals surface area contributed by atoms with E-state index in [1.165, 1.54) is 6.42 Å². The summed E-state index contributed by atoms with van der Waals surface area (Å²) in [6.45, 7) is 1.05. The molecular weight excluding hydrogens is 485 g/mol. The zero-order valence-corrected chi connectivity index (χ0v) is 21.8. The molecule has 8 heteroatoms. The van der Waals surface area contributed by atoms with Crippen LogP contribution >= 0.6 is 23.2 Å². The van der Waals surface area contributed by atoms with E-state index in [0.717, 1.165) is 36.8 Å². The first-order valence-corrected chi connectivity index (χ1v) is 12.9. The monoisotopic (exact) mass is 517 g/mol. The summed E-state index contributed by atoms with van der Waals surface area (Å²) in [5.41, 5.74) is 0.429. The summed E-state index contributed by atoms with van der Waals surface area (Å²) in [5, 5.41) is 21.7. The summed E-state index contributed by atoms with van der Waals surface area (Å²) in [4.78, 5) is 2.05. The fraction of sp³-hybridized carbons (Fsp3) is 0.481. The third-order valence-corrected chi connectivity index (χ3v) is 7.38. The molecule has 2 unspecified atom stereocenters. The molecule has 0 spiro atoms. The second-order valence-corrected chi connectivity index (χ2v) is 10.4. The van der Waals surface area contributed by atoms with Crippen LogP contribution in [0, 0.1) is 5.92 Å². The SMILES string of the molecule is CN(C)CC(Cc1nnc(C(O)(c2ccccc2)C2CCCCC2)o1)OCc1ccc(Cl)c(Cl)c1. The molecule has 6 nitrogen and oxygen atoms in total. The predicted molar refractivity (Wildman–Crippen MR) is 138 cm³/mol. The summed E-state index contributed by atoms with van der Waals surface area (Å²) in [6, 6.07) is 15.2. The molecule has 4 rings (SSSR count). The van der Waals surface area contributed by atoms with Crippen molar-refractivity contribution in [3.63, 3.8) is 0 Å². The van der Waals surface area contributed by atoms with Gasteiger partial charge in [-0.05, 0) is 50.2 Å². The molecule has 1 heterocycles. The van der Waals surface area contributed by atoms with E-state index in [0.29, 0.717) is 35.5 Å². The van der Waals surface area contributed by atoms with Crippen molar-refractivity contribution in [2.24, 2.45) is 5.92 Å². The summed E-state index contributed by atoms with van der Waals surface area (Å²) in [5.74, 6) is 0.750. The van der Waals surface area contributed by atoms with E-state index in [1.807, 2.05) is 56.6 Å². The summed E-state index contributed by atoms with van der Waals surface area (Å²) < 4.78 is 12.3. The Morgan fingerprint density at radius 2 is 1.80 bits per heavy atom. The van der Waals surface area contributed by atoms with Crippen LogP contribution in [0.4, 0.5) is 0 Å². The van der Waals surface area contributed by atoms with Gasteiger partial charge in [0.05, 0.1) is 29.2 Å². The van der Waals surface area contributed by atoms with Crippen LogP contribution in [-0.4, -0.2) is 46.9 Å². The van der Waals surface area contributed by atoms with Crippen LogP contribution in [-0.2, 0) is 23.4 Å². The minimum atomic E-state index is -1.30. The molecule has 35 heavy (non-hydrogen) atoms. The van der Waals surface area contributed by atoms with Gasteiger partial charge in [-0.3, -0.25) is 0 Å². The topological polar surface area (TPSA) is 71.6 Å². The number of nitrogens with zero attached hydrogens (tertiary/aromatic N) is 3. The third kappa shape index (κ3) is 6.43.